The van der Waals surface area contributed by atoms with Crippen LogP contribution in [0, 0.1) is 0 Å². The number of nitrogens with zero attached hydrogens (tertiary/aromatic N) is 3. The van der Waals surface area contributed by atoms with E-state index < -0.39 is 10.2 Å². The normalized spacial score (nSPS) is 22.4. The van der Waals surface area contributed by atoms with Crippen molar-refractivity contribution in [1.29, 1.82) is 0 Å². The predicted molar refractivity (Wildman–Crippen MR) is 92.4 cm³/mol. The summed E-state index contributed by atoms with van der Waals surface area (Å²) in [7, 11) is -3.46. The third-order valence-corrected chi connectivity index (χ3v) is 7.01. The van der Waals surface area contributed by atoms with Gasteiger partial charge in [-0.3, -0.25) is 4.98 Å². The van der Waals surface area contributed by atoms with Gasteiger partial charge in [0.15, 0.2) is 0 Å². The minimum Gasteiger partial charge on any atom is -0.265 e. The van der Waals surface area contributed by atoms with E-state index in [1.807, 2.05) is 30.3 Å². The van der Waals surface area contributed by atoms with E-state index in [4.69, 9.17) is 0 Å². The summed E-state index contributed by atoms with van der Waals surface area (Å²) in [5.74, 6) is 0. The second-order valence-corrected chi connectivity index (χ2v) is 8.29. The molecule has 3 heterocycles. The summed E-state index contributed by atoms with van der Waals surface area (Å²) in [4.78, 5) is 4.04. The minimum atomic E-state index is -3.46. The van der Waals surface area contributed by atoms with E-state index >= 15 is 0 Å². The zero-order valence-electron chi connectivity index (χ0n) is 13.5. The predicted octanol–water partition coefficient (Wildman–Crippen LogP) is 2.52. The van der Waals surface area contributed by atoms with Gasteiger partial charge in [-0.25, -0.2) is 0 Å². The molecule has 1 aromatic heterocycles. The zero-order chi connectivity index (χ0) is 16.6. The van der Waals surface area contributed by atoms with E-state index in [2.05, 4.69) is 11.1 Å². The van der Waals surface area contributed by atoms with Gasteiger partial charge in [0.2, 0.25) is 0 Å². The van der Waals surface area contributed by atoms with Gasteiger partial charge in [0.1, 0.15) is 0 Å². The third kappa shape index (κ3) is 2.75. The van der Waals surface area contributed by atoms with Crippen molar-refractivity contribution in [2.45, 2.75) is 31.8 Å². The number of rotatable bonds is 3. The van der Waals surface area contributed by atoms with Crippen LogP contribution in [0.2, 0.25) is 0 Å². The summed E-state index contributed by atoms with van der Waals surface area (Å²) in [5, 5.41) is 0. The highest BCUT2D eigenvalue weighted by molar-refractivity contribution is 7.86. The van der Waals surface area contributed by atoms with Gasteiger partial charge in [-0.15, -0.1) is 0 Å². The van der Waals surface area contributed by atoms with Crippen molar-refractivity contribution in [3.8, 4) is 0 Å². The Bertz CT molecular complexity index is 823. The van der Waals surface area contributed by atoms with Crippen LogP contribution in [0.5, 0.6) is 0 Å². The van der Waals surface area contributed by atoms with E-state index in [0.717, 1.165) is 30.4 Å². The molecular formula is C18H21N3O2S. The molecule has 4 rings (SSSR count). The van der Waals surface area contributed by atoms with Gasteiger partial charge < -0.3 is 0 Å². The van der Waals surface area contributed by atoms with Crippen LogP contribution in [-0.2, 0) is 23.2 Å². The summed E-state index contributed by atoms with van der Waals surface area (Å²) in [6, 6.07) is 11.9. The topological polar surface area (TPSA) is 53.5 Å². The Morgan fingerprint density at radius 3 is 2.54 bits per heavy atom. The quantitative estimate of drug-likeness (QED) is 0.860. The smallest absolute Gasteiger partial charge is 0.265 e. The van der Waals surface area contributed by atoms with Crippen molar-refractivity contribution in [3.63, 3.8) is 0 Å². The van der Waals surface area contributed by atoms with Crippen LogP contribution in [-0.4, -0.2) is 35.1 Å². The molecule has 0 aliphatic carbocycles. The number of pyridine rings is 1. The average molecular weight is 343 g/mol. The second-order valence-electron chi connectivity index (χ2n) is 6.41. The largest absolute Gasteiger partial charge is 0.282 e. The first-order valence-electron chi connectivity index (χ1n) is 8.40. The average Bonchev–Trinajstić information content (AvgIpc) is 3.13. The van der Waals surface area contributed by atoms with E-state index in [1.54, 1.807) is 21.0 Å². The lowest BCUT2D eigenvalue weighted by atomic mass is 10.0. The summed E-state index contributed by atoms with van der Waals surface area (Å²) in [6.07, 6.45) is 6.01. The van der Waals surface area contributed by atoms with Gasteiger partial charge in [-0.05, 0) is 48.1 Å². The van der Waals surface area contributed by atoms with Gasteiger partial charge in [0.05, 0.1) is 6.04 Å². The lowest BCUT2D eigenvalue weighted by Crippen LogP contribution is -2.45. The molecule has 0 saturated carbocycles. The molecule has 1 fully saturated rings. The Kier molecular flexibility index (Phi) is 4.12. The fourth-order valence-corrected chi connectivity index (χ4v) is 5.58. The van der Waals surface area contributed by atoms with Gasteiger partial charge >= 0.3 is 0 Å². The molecule has 2 aliphatic rings. The van der Waals surface area contributed by atoms with Crippen LogP contribution in [0.1, 0.15) is 35.6 Å². The minimum absolute atomic E-state index is 0.0739. The molecular weight excluding hydrogens is 322 g/mol. The lowest BCUT2D eigenvalue weighted by Gasteiger charge is -2.34. The van der Waals surface area contributed by atoms with Crippen molar-refractivity contribution in [2.24, 2.45) is 0 Å². The van der Waals surface area contributed by atoms with Gasteiger partial charge in [0.25, 0.3) is 10.2 Å². The van der Waals surface area contributed by atoms with Crippen LogP contribution < -0.4 is 0 Å². The molecule has 24 heavy (non-hydrogen) atoms. The number of hydrogen-bond donors (Lipinski definition) is 0. The molecule has 0 amide bonds. The number of hydrogen-bond acceptors (Lipinski definition) is 3. The maximum atomic E-state index is 13.2. The van der Waals surface area contributed by atoms with Crippen molar-refractivity contribution >= 4 is 10.2 Å². The van der Waals surface area contributed by atoms with Gasteiger partial charge in [-0.1, -0.05) is 24.3 Å². The first kappa shape index (κ1) is 15.7. The maximum Gasteiger partial charge on any atom is 0.282 e. The molecule has 1 saturated heterocycles. The summed E-state index contributed by atoms with van der Waals surface area (Å²) >= 11 is 0. The molecule has 126 valence electrons. The van der Waals surface area contributed by atoms with Crippen LogP contribution >= 0.6 is 0 Å². The molecule has 2 aliphatic heterocycles. The highest BCUT2D eigenvalue weighted by atomic mass is 32.2. The molecule has 1 atom stereocenters. The lowest BCUT2D eigenvalue weighted by molar-refractivity contribution is 0.316. The van der Waals surface area contributed by atoms with Crippen LogP contribution in [0.3, 0.4) is 0 Å². The Hall–Kier alpha value is -1.76. The number of fused-ring (bicyclic) bond motifs is 1. The highest BCUT2D eigenvalue weighted by Gasteiger charge is 2.39. The zero-order valence-corrected chi connectivity index (χ0v) is 14.3. The molecule has 0 spiro atoms. The van der Waals surface area contributed by atoms with Gasteiger partial charge in [-0.2, -0.15) is 17.0 Å². The Morgan fingerprint density at radius 1 is 1.00 bits per heavy atom. The van der Waals surface area contributed by atoms with Crippen molar-refractivity contribution in [3.05, 3.63) is 65.5 Å². The Balaban J connectivity index is 1.61. The first-order valence-corrected chi connectivity index (χ1v) is 9.79. The van der Waals surface area contributed by atoms with Crippen LogP contribution in [0.25, 0.3) is 0 Å². The third-order valence-electron chi connectivity index (χ3n) is 5.01. The second kappa shape index (κ2) is 6.27. The monoisotopic (exact) mass is 343 g/mol. The number of aromatic nitrogens is 1. The standard InChI is InChI=1S/C18H21N3O2S/c22-24(23,20-13-9-15-4-1-2-5-17(15)14-20)21-12-3-6-18(21)16-7-10-19-11-8-16/h1-2,4-5,7-8,10-11,18H,3,6,9,12-14H2/t18-/m0/s1. The van der Waals surface area contributed by atoms with Crippen LogP contribution in [0.15, 0.2) is 48.8 Å². The molecule has 0 unspecified atom stereocenters. The fourth-order valence-electron chi connectivity index (χ4n) is 3.75. The summed E-state index contributed by atoms with van der Waals surface area (Å²) in [5.41, 5.74) is 3.41. The van der Waals surface area contributed by atoms with Crippen molar-refractivity contribution in [2.75, 3.05) is 13.1 Å². The van der Waals surface area contributed by atoms with Gasteiger partial charge in [0, 0.05) is 32.0 Å². The van der Waals surface area contributed by atoms with E-state index in [9.17, 15) is 8.42 Å². The van der Waals surface area contributed by atoms with E-state index in [-0.39, 0.29) is 6.04 Å². The van der Waals surface area contributed by atoms with Crippen LogP contribution in [0.4, 0.5) is 0 Å². The van der Waals surface area contributed by atoms with E-state index in [1.165, 1.54) is 5.56 Å². The molecule has 2 aromatic rings. The summed E-state index contributed by atoms with van der Waals surface area (Å²) < 4.78 is 29.7. The molecule has 5 nitrogen and oxygen atoms in total. The van der Waals surface area contributed by atoms with E-state index in [0.29, 0.717) is 19.6 Å². The molecule has 0 N–H and O–H groups in total. The van der Waals surface area contributed by atoms with Crippen molar-refractivity contribution in [1.82, 2.24) is 13.6 Å². The molecule has 6 heteroatoms. The Morgan fingerprint density at radius 2 is 1.75 bits per heavy atom. The number of benzene rings is 1. The molecule has 1 aromatic carbocycles. The highest BCUT2D eigenvalue weighted by Crippen LogP contribution is 2.36. The maximum absolute atomic E-state index is 13.2. The molecule has 0 radical (unpaired) electrons. The van der Waals surface area contributed by atoms with Crippen molar-refractivity contribution < 1.29 is 8.42 Å². The first-order chi connectivity index (χ1) is 11.7. The Labute approximate surface area is 143 Å². The summed E-state index contributed by atoms with van der Waals surface area (Å²) in [6.45, 7) is 1.62. The SMILES string of the molecule is O=S(=O)(N1CCc2ccccc2C1)N1CCC[C@H]1c1ccncc1. The fraction of sp³-hybridized carbons (Fsp3) is 0.389. The molecule has 0 bridgehead atoms.